The van der Waals surface area contributed by atoms with Crippen LogP contribution in [0.25, 0.3) is 0 Å². The van der Waals surface area contributed by atoms with E-state index >= 15 is 0 Å². The highest BCUT2D eigenvalue weighted by Gasteiger charge is 2.24. The van der Waals surface area contributed by atoms with E-state index in [9.17, 15) is 14.9 Å². The molecule has 1 aliphatic rings. The summed E-state index contributed by atoms with van der Waals surface area (Å²) in [5.74, 6) is -0.0807. The Labute approximate surface area is 89.5 Å². The Bertz CT molecular complexity index is 267. The highest BCUT2D eigenvalue weighted by Crippen LogP contribution is 2.32. The number of allylic oxidation sites excluding steroid dienone is 1. The number of aldehydes is 1. The van der Waals surface area contributed by atoms with Gasteiger partial charge in [-0.2, -0.15) is 0 Å². The van der Waals surface area contributed by atoms with Gasteiger partial charge in [-0.3, -0.25) is 10.1 Å². The zero-order valence-corrected chi connectivity index (χ0v) is 9.02. The van der Waals surface area contributed by atoms with Crippen LogP contribution >= 0.6 is 0 Å². The number of hydrogen-bond donors (Lipinski definition) is 0. The summed E-state index contributed by atoms with van der Waals surface area (Å²) in [5, 5.41) is 10.5. The Kier molecular flexibility index (Phi) is 4.46. The van der Waals surface area contributed by atoms with E-state index in [2.05, 4.69) is 0 Å². The van der Waals surface area contributed by atoms with Crippen LogP contribution in [0.5, 0.6) is 0 Å². The lowest BCUT2D eigenvalue weighted by molar-refractivity contribution is -0.404. The van der Waals surface area contributed by atoms with Crippen molar-refractivity contribution >= 4 is 6.29 Å². The van der Waals surface area contributed by atoms with Crippen molar-refractivity contribution in [2.45, 2.75) is 39.0 Å². The molecule has 0 heterocycles. The zero-order valence-electron chi connectivity index (χ0n) is 9.02. The van der Waals surface area contributed by atoms with Crippen molar-refractivity contribution in [1.82, 2.24) is 0 Å². The Hall–Kier alpha value is -1.19. The molecule has 1 aliphatic carbocycles. The van der Waals surface area contributed by atoms with Crippen LogP contribution in [0, 0.1) is 22.0 Å². The Morgan fingerprint density at radius 2 is 2.00 bits per heavy atom. The van der Waals surface area contributed by atoms with E-state index in [1.54, 1.807) is 6.92 Å². The number of carbonyl (C=O) groups excluding carboxylic acids is 1. The van der Waals surface area contributed by atoms with E-state index in [1.807, 2.05) is 0 Å². The van der Waals surface area contributed by atoms with Gasteiger partial charge in [0.2, 0.25) is 6.20 Å². The number of rotatable bonds is 4. The van der Waals surface area contributed by atoms with Gasteiger partial charge in [0, 0.05) is 11.5 Å². The highest BCUT2D eigenvalue weighted by molar-refractivity contribution is 5.58. The molecule has 1 fully saturated rings. The van der Waals surface area contributed by atoms with E-state index in [0.29, 0.717) is 5.57 Å². The Morgan fingerprint density at radius 3 is 2.47 bits per heavy atom. The van der Waals surface area contributed by atoms with Gasteiger partial charge in [-0.1, -0.05) is 26.2 Å². The minimum atomic E-state index is -0.441. The van der Waals surface area contributed by atoms with Gasteiger partial charge in [0.05, 0.1) is 4.92 Å². The molecule has 0 aliphatic heterocycles. The maximum absolute atomic E-state index is 10.7. The number of carbonyl (C=O) groups is 1. The van der Waals surface area contributed by atoms with Crippen molar-refractivity contribution in [3.05, 3.63) is 21.9 Å². The Morgan fingerprint density at radius 1 is 1.40 bits per heavy atom. The molecule has 1 atom stereocenters. The smallest absolute Gasteiger partial charge is 0.234 e. The standard InChI is InChI=1S/C11H17NO3/c1-9(8-13)11(7-12(14)15)10-5-3-2-4-6-10/h7-10H,2-6H2,1H3/b11-7-/t9-/m1/s1. The fraction of sp³-hybridized carbons (Fsp3) is 0.727. The van der Waals surface area contributed by atoms with Gasteiger partial charge in [-0.15, -0.1) is 0 Å². The van der Waals surface area contributed by atoms with E-state index in [-0.39, 0.29) is 11.8 Å². The average Bonchev–Trinajstić information content (AvgIpc) is 2.26. The summed E-state index contributed by atoms with van der Waals surface area (Å²) >= 11 is 0. The van der Waals surface area contributed by atoms with Crippen LogP contribution in [0.3, 0.4) is 0 Å². The third-order valence-corrected chi connectivity index (χ3v) is 3.06. The number of nitro groups is 1. The Balaban J connectivity index is 2.78. The van der Waals surface area contributed by atoms with Crippen molar-refractivity contribution in [3.63, 3.8) is 0 Å². The first kappa shape index (κ1) is 11.9. The summed E-state index contributed by atoms with van der Waals surface area (Å²) in [6.45, 7) is 1.73. The van der Waals surface area contributed by atoms with Crippen LogP contribution in [0.4, 0.5) is 0 Å². The topological polar surface area (TPSA) is 60.2 Å². The molecule has 0 aromatic rings. The van der Waals surface area contributed by atoms with Crippen LogP contribution in [0.15, 0.2) is 11.8 Å². The van der Waals surface area contributed by atoms with Gasteiger partial charge in [-0.05, 0) is 18.8 Å². The molecule has 4 heteroatoms. The predicted octanol–water partition coefficient (Wildman–Crippen LogP) is 2.56. The van der Waals surface area contributed by atoms with Gasteiger partial charge in [-0.25, -0.2) is 0 Å². The lowest BCUT2D eigenvalue weighted by Crippen LogP contribution is -2.16. The second kappa shape index (κ2) is 5.63. The van der Waals surface area contributed by atoms with E-state index < -0.39 is 4.92 Å². The molecule has 0 aromatic heterocycles. The second-order valence-corrected chi connectivity index (χ2v) is 4.17. The molecule has 0 bridgehead atoms. The summed E-state index contributed by atoms with van der Waals surface area (Å²) < 4.78 is 0. The minimum Gasteiger partial charge on any atom is -0.303 e. The molecule has 1 rings (SSSR count). The third kappa shape index (κ3) is 3.46. The molecule has 0 unspecified atom stereocenters. The summed E-state index contributed by atoms with van der Waals surface area (Å²) in [6.07, 6.45) is 7.24. The maximum Gasteiger partial charge on any atom is 0.234 e. The first-order chi connectivity index (χ1) is 7.15. The van der Waals surface area contributed by atoms with Crippen molar-refractivity contribution in [2.75, 3.05) is 0 Å². The fourth-order valence-corrected chi connectivity index (χ4v) is 2.23. The van der Waals surface area contributed by atoms with Crippen molar-refractivity contribution in [1.29, 1.82) is 0 Å². The van der Waals surface area contributed by atoms with Crippen LogP contribution < -0.4 is 0 Å². The van der Waals surface area contributed by atoms with Crippen molar-refractivity contribution < 1.29 is 9.72 Å². The quantitative estimate of drug-likeness (QED) is 0.408. The molecule has 0 aromatic carbocycles. The fourth-order valence-electron chi connectivity index (χ4n) is 2.23. The largest absolute Gasteiger partial charge is 0.303 e. The molecular weight excluding hydrogens is 194 g/mol. The molecule has 0 saturated heterocycles. The summed E-state index contributed by atoms with van der Waals surface area (Å²) in [6, 6.07) is 0. The van der Waals surface area contributed by atoms with Crippen LogP contribution in [-0.4, -0.2) is 11.2 Å². The highest BCUT2D eigenvalue weighted by atomic mass is 16.6. The van der Waals surface area contributed by atoms with E-state index in [0.717, 1.165) is 38.2 Å². The van der Waals surface area contributed by atoms with Gasteiger partial charge in [0.15, 0.2) is 0 Å². The van der Waals surface area contributed by atoms with Gasteiger partial charge >= 0.3 is 0 Å². The van der Waals surface area contributed by atoms with E-state index in [4.69, 9.17) is 0 Å². The third-order valence-electron chi connectivity index (χ3n) is 3.06. The SMILES string of the molecule is C[C@H](C=O)/C(=C/[N+](=O)[O-])C1CCCCC1. The average molecular weight is 211 g/mol. The van der Waals surface area contributed by atoms with Gasteiger partial charge < -0.3 is 4.79 Å². The summed E-state index contributed by atoms with van der Waals surface area (Å²) in [7, 11) is 0. The first-order valence-electron chi connectivity index (χ1n) is 5.45. The molecule has 0 amide bonds. The summed E-state index contributed by atoms with van der Waals surface area (Å²) in [5.41, 5.74) is 0.703. The normalized spacial score (nSPS) is 21.0. The monoisotopic (exact) mass is 211 g/mol. The first-order valence-corrected chi connectivity index (χ1v) is 5.45. The van der Waals surface area contributed by atoms with Crippen molar-refractivity contribution in [2.24, 2.45) is 11.8 Å². The van der Waals surface area contributed by atoms with Gasteiger partial charge in [0.1, 0.15) is 6.29 Å². The molecule has 4 nitrogen and oxygen atoms in total. The molecule has 0 radical (unpaired) electrons. The lowest BCUT2D eigenvalue weighted by Gasteiger charge is -2.24. The van der Waals surface area contributed by atoms with E-state index in [1.165, 1.54) is 6.42 Å². The molecule has 15 heavy (non-hydrogen) atoms. The van der Waals surface area contributed by atoms with Crippen LogP contribution in [0.1, 0.15) is 39.0 Å². The molecule has 1 saturated carbocycles. The lowest BCUT2D eigenvalue weighted by atomic mass is 9.80. The van der Waals surface area contributed by atoms with Crippen LogP contribution in [0.2, 0.25) is 0 Å². The molecule has 84 valence electrons. The molecular formula is C11H17NO3. The van der Waals surface area contributed by atoms with Crippen LogP contribution in [-0.2, 0) is 4.79 Å². The maximum atomic E-state index is 10.7. The zero-order chi connectivity index (χ0) is 11.3. The molecule has 0 spiro atoms. The number of hydrogen-bond acceptors (Lipinski definition) is 3. The van der Waals surface area contributed by atoms with Crippen molar-refractivity contribution in [3.8, 4) is 0 Å². The summed E-state index contributed by atoms with van der Waals surface area (Å²) in [4.78, 5) is 20.8. The minimum absolute atomic E-state index is 0.240. The second-order valence-electron chi connectivity index (χ2n) is 4.17. The van der Waals surface area contributed by atoms with Gasteiger partial charge in [0.25, 0.3) is 0 Å². The molecule has 0 N–H and O–H groups in total. The number of nitrogens with zero attached hydrogens (tertiary/aromatic N) is 1. The predicted molar refractivity (Wildman–Crippen MR) is 56.9 cm³/mol.